The van der Waals surface area contributed by atoms with Gasteiger partial charge in [0.15, 0.2) is 11.4 Å². The van der Waals surface area contributed by atoms with Crippen LogP contribution in [0.3, 0.4) is 0 Å². The van der Waals surface area contributed by atoms with E-state index >= 15 is 0 Å². The van der Waals surface area contributed by atoms with Crippen LogP contribution in [0.25, 0.3) is 16.9 Å². The van der Waals surface area contributed by atoms with E-state index in [1.807, 2.05) is 40.7 Å². The molecule has 22 nitrogen and oxygen atoms in total. The Morgan fingerprint density at radius 1 is 0.817 bits per heavy atom. The second kappa shape index (κ2) is 32.3. The van der Waals surface area contributed by atoms with Gasteiger partial charge >= 0.3 is 5.97 Å². The van der Waals surface area contributed by atoms with E-state index in [0.29, 0.717) is 42.5 Å². The van der Waals surface area contributed by atoms with Crippen molar-refractivity contribution in [3.05, 3.63) is 53.6 Å². The number of carbonyl (C=O) groups excluding carboxylic acids is 6. The van der Waals surface area contributed by atoms with Crippen molar-refractivity contribution in [2.45, 2.75) is 182 Å². The van der Waals surface area contributed by atoms with Gasteiger partial charge in [-0.25, -0.2) is 13.9 Å². The van der Waals surface area contributed by atoms with Crippen LogP contribution in [0.2, 0.25) is 0 Å². The highest BCUT2D eigenvalue weighted by molar-refractivity contribution is 6.60. The van der Waals surface area contributed by atoms with Crippen molar-refractivity contribution in [3.63, 3.8) is 0 Å². The number of halogens is 1. The molecule has 1 aromatic carbocycles. The summed E-state index contributed by atoms with van der Waals surface area (Å²) in [7, 11) is 0. The lowest BCUT2D eigenvalue weighted by Crippen LogP contribution is -2.63. The number of fused-ring (bicyclic) bond motifs is 6. The van der Waals surface area contributed by atoms with Gasteiger partial charge in [0.05, 0.1) is 82.9 Å². The van der Waals surface area contributed by atoms with Gasteiger partial charge in [0.25, 0.3) is 11.8 Å². The molecule has 5 fully saturated rings. The summed E-state index contributed by atoms with van der Waals surface area (Å²) < 4.78 is 43.6. The molecule has 3 heterocycles. The molecule has 514 valence electrons. The molecule has 4 aliphatic carbocycles. The molecule has 93 heavy (non-hydrogen) atoms. The highest BCUT2D eigenvalue weighted by Crippen LogP contribution is 2.68. The molecule has 2 aromatic heterocycles. The molecule has 23 heteroatoms. The summed E-state index contributed by atoms with van der Waals surface area (Å²) >= 11 is 0. The van der Waals surface area contributed by atoms with Crippen molar-refractivity contribution in [1.29, 1.82) is 0 Å². The minimum absolute atomic E-state index is 0.0295. The molecule has 5 amide bonds. The van der Waals surface area contributed by atoms with Crippen LogP contribution < -0.4 is 22.2 Å². The molecule has 0 radical (unpaired) electrons. The lowest BCUT2D eigenvalue weighted by molar-refractivity contribution is -0.163. The number of hydrogen-bond acceptors (Lipinski definition) is 16. The van der Waals surface area contributed by atoms with Crippen molar-refractivity contribution >= 4 is 53.1 Å². The van der Waals surface area contributed by atoms with Crippen LogP contribution in [0.4, 0.5) is 4.39 Å². The number of hydrazone groups is 1. The van der Waals surface area contributed by atoms with Gasteiger partial charge in [0.1, 0.15) is 30.2 Å². The van der Waals surface area contributed by atoms with E-state index in [1.54, 1.807) is 27.7 Å². The van der Waals surface area contributed by atoms with Crippen LogP contribution >= 0.6 is 0 Å². The third-order valence-electron chi connectivity index (χ3n) is 21.2. The smallest absolute Gasteiger partial charge is 0.308 e. The van der Waals surface area contributed by atoms with E-state index in [0.717, 1.165) is 72.1 Å². The van der Waals surface area contributed by atoms with E-state index in [4.69, 9.17) is 45.3 Å². The van der Waals surface area contributed by atoms with Crippen LogP contribution in [0, 0.1) is 58.1 Å². The molecule has 8 rings (SSSR count). The van der Waals surface area contributed by atoms with Crippen molar-refractivity contribution in [1.82, 2.24) is 35.0 Å². The van der Waals surface area contributed by atoms with Gasteiger partial charge in [0, 0.05) is 43.7 Å². The lowest BCUT2D eigenvalue weighted by atomic mass is 9.44. The Bertz CT molecular complexity index is 3110. The monoisotopic (exact) mass is 1300 g/mol. The third kappa shape index (κ3) is 18.5. The number of nitrogens with zero attached hydrogens (tertiary/aromatic N) is 7. The molecule has 4 unspecified atom stereocenters. The Hall–Kier alpha value is -6.43. The molecular formula is C70H106FN11O11. The Morgan fingerprint density at radius 3 is 2.14 bits per heavy atom. The van der Waals surface area contributed by atoms with Crippen LogP contribution in [0.15, 0.2) is 46.6 Å². The molecule has 5 aliphatic rings. The molecular weight excluding hydrogens is 1190 g/mol. The summed E-state index contributed by atoms with van der Waals surface area (Å²) in [6.45, 7) is 24.7. The fourth-order valence-corrected chi connectivity index (χ4v) is 16.2. The number of esters is 1. The molecule has 0 spiro atoms. The molecule has 3 aromatic rings. The molecule has 1 saturated heterocycles. The number of aromatic nitrogens is 3. The number of amides is 5. The van der Waals surface area contributed by atoms with Gasteiger partial charge in [-0.3, -0.25) is 33.8 Å². The maximum Gasteiger partial charge on any atom is 0.308 e. The number of nitrogens with one attached hydrogen (secondary N) is 2. The van der Waals surface area contributed by atoms with E-state index in [9.17, 15) is 33.2 Å². The van der Waals surface area contributed by atoms with Gasteiger partial charge in [-0.2, -0.15) is 10.2 Å². The number of imidazole rings is 1. The number of piperazine rings is 1. The topological polar surface area (TPSA) is 286 Å². The summed E-state index contributed by atoms with van der Waals surface area (Å²) in [5, 5.41) is 13.7. The van der Waals surface area contributed by atoms with Gasteiger partial charge < -0.3 is 55.7 Å². The van der Waals surface area contributed by atoms with Crippen molar-refractivity contribution in [2.24, 2.45) is 73.9 Å². The summed E-state index contributed by atoms with van der Waals surface area (Å²) in [5.41, 5.74) is 7.94. The second-order valence-corrected chi connectivity index (χ2v) is 29.4. The minimum atomic E-state index is -1.18. The van der Waals surface area contributed by atoms with E-state index in [2.05, 4.69) is 55.3 Å². The quantitative estimate of drug-likeness (QED) is 0.0155. The highest BCUT2D eigenvalue weighted by Gasteiger charge is 2.61. The summed E-state index contributed by atoms with van der Waals surface area (Å²) in [5.74, 6) is 7.51. The van der Waals surface area contributed by atoms with Crippen molar-refractivity contribution in [2.75, 3.05) is 85.6 Å². The van der Waals surface area contributed by atoms with Crippen molar-refractivity contribution in [3.8, 4) is 11.3 Å². The SMILES string of the molecule is CC(C)CCC[C@@H](C)[C@H]1CCC2C3CCC4C[C@@H](OC(=O)C[C@H](NC(=O)CCOCCOCCOCCOCCNC(=O)CN=CC(=NN)C(=O)N5CCN(C(=O)c6cn7nc(-c8ccc(F)cc8)cc(C(C)(C)C)c7n6)C(C)(C)C5)C(N)=O)CC[C@]4(C)C3CC[C@@]21C. The van der Waals surface area contributed by atoms with Gasteiger partial charge in [-0.1, -0.05) is 74.7 Å². The average Bonchev–Trinajstić information content (AvgIpc) is 1.71. The first-order chi connectivity index (χ1) is 44.2. The Morgan fingerprint density at radius 2 is 1.48 bits per heavy atom. The standard InChI is InChI=1S/C70H106FN11O11/c1-45(2)12-11-13-46(3)52-20-21-53-51-19-16-48-38-50(22-25-69(48,9)54(51)23-26-70(52,53)10)93-62(85)40-57(63(72)86)76-60(83)24-30-89-32-34-91-36-37-92-35-33-90-31-27-75-61(84)42-74-41-58(78-73)65(87)80-28-29-81(68(7,8)44-80)66(88)59-43-82-64(77-59)55(67(4,5)6)39-56(79-82)47-14-17-49(71)18-15-47/h14-15,17-18,39,41,43,45-46,48,50-54,57H,11-13,16,19-38,40,42,44,73H2,1-10H3,(H2,72,86)(H,75,84)(H,76,83)/t46-,48?,50+,51?,52-,53?,54?,57+,69+,70-/m1/s1. The number of benzene rings is 1. The Balaban J connectivity index is 0.627. The number of aliphatic imine (C=N–C) groups is 1. The van der Waals surface area contributed by atoms with E-state index in [-0.39, 0.29) is 119 Å². The first-order valence-corrected chi connectivity index (χ1v) is 34.1. The van der Waals surface area contributed by atoms with E-state index in [1.165, 1.54) is 74.8 Å². The Labute approximate surface area is 549 Å². The lowest BCUT2D eigenvalue weighted by Gasteiger charge is -2.61. The summed E-state index contributed by atoms with van der Waals surface area (Å²) in [4.78, 5) is 90.7. The largest absolute Gasteiger partial charge is 0.462 e. The fourth-order valence-electron chi connectivity index (χ4n) is 16.2. The minimum Gasteiger partial charge on any atom is -0.462 e. The van der Waals surface area contributed by atoms with Crippen molar-refractivity contribution < 1.29 is 56.8 Å². The van der Waals surface area contributed by atoms with Crippen LogP contribution in [0.1, 0.15) is 175 Å². The predicted molar refractivity (Wildman–Crippen MR) is 353 cm³/mol. The third-order valence-corrected chi connectivity index (χ3v) is 21.2. The van der Waals surface area contributed by atoms with Crippen LogP contribution in [0.5, 0.6) is 0 Å². The summed E-state index contributed by atoms with van der Waals surface area (Å²) in [6, 6.07) is 6.80. The first-order valence-electron chi connectivity index (χ1n) is 34.1. The number of ether oxygens (including phenoxy) is 5. The van der Waals surface area contributed by atoms with Gasteiger partial charge in [-0.05, 0) is 160 Å². The number of hydrogen-bond donors (Lipinski definition) is 4. The first kappa shape index (κ1) is 72.4. The zero-order valence-electron chi connectivity index (χ0n) is 57.0. The van der Waals surface area contributed by atoms with Gasteiger partial charge in [0.2, 0.25) is 17.7 Å². The zero-order valence-corrected chi connectivity index (χ0v) is 57.0. The molecule has 4 saturated carbocycles. The van der Waals surface area contributed by atoms with Crippen LogP contribution in [-0.4, -0.2) is 175 Å². The van der Waals surface area contributed by atoms with Crippen LogP contribution in [-0.2, 0) is 53.1 Å². The Kier molecular flexibility index (Phi) is 25.2. The number of primary amides is 1. The molecule has 6 N–H and O–H groups in total. The number of nitrogens with two attached hydrogens (primary N) is 2. The predicted octanol–water partition coefficient (Wildman–Crippen LogP) is 8.25. The number of carbonyl (C=O) groups is 6. The maximum atomic E-state index is 14.1. The second-order valence-electron chi connectivity index (χ2n) is 29.4. The van der Waals surface area contributed by atoms with Gasteiger partial charge in [-0.15, -0.1) is 0 Å². The average molecular weight is 1300 g/mol. The fraction of sp³-hybridized carbons (Fsp3) is 0.714. The summed E-state index contributed by atoms with van der Waals surface area (Å²) in [6.07, 6.45) is 16.8. The molecule has 1 aliphatic heterocycles. The van der Waals surface area contributed by atoms with E-state index < -0.39 is 41.2 Å². The molecule has 10 atom stereocenters. The maximum absolute atomic E-state index is 14.1. The highest BCUT2D eigenvalue weighted by atomic mass is 19.1. The normalized spacial score (nSPS) is 25.3. The molecule has 0 bridgehead atoms. The zero-order chi connectivity index (χ0) is 67.3. The number of rotatable bonds is 31.